The van der Waals surface area contributed by atoms with Crippen molar-refractivity contribution in [1.82, 2.24) is 14.8 Å². The number of nitro groups is 1. The number of hydrogen-bond acceptors (Lipinski definition) is 7. The zero-order valence-electron chi connectivity index (χ0n) is 15.5. The summed E-state index contributed by atoms with van der Waals surface area (Å²) in [6.45, 7) is 1.47. The van der Waals surface area contributed by atoms with Crippen LogP contribution in [0.2, 0.25) is 5.02 Å². The SMILES string of the molecule is O=C(CSc1nnc(C2CC2)n1CC1CCCO1)Nc1cc([N+](=O)[O-])ccc1Cl. The van der Waals surface area contributed by atoms with Gasteiger partial charge in [0, 0.05) is 24.7 Å². The number of aromatic nitrogens is 3. The van der Waals surface area contributed by atoms with Crippen molar-refractivity contribution < 1.29 is 14.5 Å². The second-order valence-corrected chi connectivity index (χ2v) is 8.47. The van der Waals surface area contributed by atoms with Gasteiger partial charge in [-0.3, -0.25) is 14.9 Å². The lowest BCUT2D eigenvalue weighted by molar-refractivity contribution is -0.384. The number of nitrogens with zero attached hydrogens (tertiary/aromatic N) is 4. The Morgan fingerprint density at radius 1 is 1.38 bits per heavy atom. The number of thioether (sulfide) groups is 1. The Morgan fingerprint density at radius 2 is 2.21 bits per heavy atom. The molecule has 1 aliphatic heterocycles. The van der Waals surface area contributed by atoms with Crippen LogP contribution in [0.15, 0.2) is 23.4 Å². The van der Waals surface area contributed by atoms with Gasteiger partial charge in [-0.05, 0) is 31.7 Å². The standard InChI is InChI=1S/C18H20ClN5O4S/c19-14-6-5-12(24(26)27)8-15(14)20-16(25)10-29-18-22-21-17(11-3-4-11)23(18)9-13-2-1-7-28-13/h5-6,8,11,13H,1-4,7,9-10H2,(H,20,25). The average molecular weight is 438 g/mol. The van der Waals surface area contributed by atoms with Gasteiger partial charge in [0.2, 0.25) is 5.91 Å². The normalized spacial score (nSPS) is 18.7. The highest BCUT2D eigenvalue weighted by Crippen LogP contribution is 2.40. The Hall–Kier alpha value is -2.17. The number of carbonyl (C=O) groups excluding carboxylic acids is 1. The maximum absolute atomic E-state index is 12.4. The summed E-state index contributed by atoms with van der Waals surface area (Å²) in [7, 11) is 0. The number of halogens is 1. The molecule has 9 nitrogen and oxygen atoms in total. The maximum atomic E-state index is 12.4. The van der Waals surface area contributed by atoms with E-state index >= 15 is 0 Å². The number of nitrogens with one attached hydrogen (secondary N) is 1. The van der Waals surface area contributed by atoms with Crippen LogP contribution in [-0.4, -0.2) is 44.1 Å². The molecule has 2 fully saturated rings. The minimum absolute atomic E-state index is 0.0906. The van der Waals surface area contributed by atoms with Crippen LogP contribution in [0.5, 0.6) is 0 Å². The Morgan fingerprint density at radius 3 is 2.90 bits per heavy atom. The van der Waals surface area contributed by atoms with Crippen LogP contribution in [0.1, 0.15) is 37.4 Å². The van der Waals surface area contributed by atoms with Gasteiger partial charge in [0.1, 0.15) is 5.82 Å². The molecule has 0 spiro atoms. The van der Waals surface area contributed by atoms with Gasteiger partial charge in [-0.15, -0.1) is 10.2 Å². The highest BCUT2D eigenvalue weighted by molar-refractivity contribution is 7.99. The predicted molar refractivity (Wildman–Crippen MR) is 108 cm³/mol. The third-order valence-corrected chi connectivity index (χ3v) is 6.16. The lowest BCUT2D eigenvalue weighted by Gasteiger charge is -2.14. The second-order valence-electron chi connectivity index (χ2n) is 7.12. The summed E-state index contributed by atoms with van der Waals surface area (Å²) in [6.07, 6.45) is 4.44. The van der Waals surface area contributed by atoms with E-state index in [1.165, 1.54) is 30.0 Å². The zero-order valence-corrected chi connectivity index (χ0v) is 17.1. The molecule has 154 valence electrons. The van der Waals surface area contributed by atoms with Crippen molar-refractivity contribution in [3.05, 3.63) is 39.2 Å². The number of ether oxygens (including phenoxy) is 1. The monoisotopic (exact) mass is 437 g/mol. The van der Waals surface area contributed by atoms with Gasteiger partial charge in [-0.25, -0.2) is 0 Å². The number of anilines is 1. The number of rotatable bonds is 8. The van der Waals surface area contributed by atoms with Gasteiger partial charge < -0.3 is 14.6 Å². The van der Waals surface area contributed by atoms with Gasteiger partial charge in [-0.1, -0.05) is 23.4 Å². The van der Waals surface area contributed by atoms with Crippen LogP contribution >= 0.6 is 23.4 Å². The third kappa shape index (κ3) is 4.88. The molecule has 2 aromatic rings. The molecule has 1 N–H and O–H groups in total. The minimum Gasteiger partial charge on any atom is -0.376 e. The first-order chi connectivity index (χ1) is 14.0. The van der Waals surface area contributed by atoms with Crippen molar-refractivity contribution in [2.75, 3.05) is 17.7 Å². The molecule has 2 aliphatic rings. The van der Waals surface area contributed by atoms with Crippen LogP contribution in [-0.2, 0) is 16.1 Å². The fraction of sp³-hybridized carbons (Fsp3) is 0.500. The summed E-state index contributed by atoms with van der Waals surface area (Å²) in [5.41, 5.74) is 0.0775. The molecule has 1 saturated carbocycles. The second kappa shape index (κ2) is 8.68. The quantitative estimate of drug-likeness (QED) is 0.381. The molecule has 11 heteroatoms. The molecule has 1 aliphatic carbocycles. The molecular formula is C18H20ClN5O4S. The van der Waals surface area contributed by atoms with E-state index in [2.05, 4.69) is 20.1 Å². The maximum Gasteiger partial charge on any atom is 0.271 e. The van der Waals surface area contributed by atoms with Crippen molar-refractivity contribution in [3.63, 3.8) is 0 Å². The van der Waals surface area contributed by atoms with Crippen molar-refractivity contribution in [2.45, 2.75) is 49.4 Å². The van der Waals surface area contributed by atoms with E-state index in [9.17, 15) is 14.9 Å². The highest BCUT2D eigenvalue weighted by atomic mass is 35.5. The van der Waals surface area contributed by atoms with Gasteiger partial charge in [0.05, 0.1) is 34.0 Å². The molecule has 0 bridgehead atoms. The summed E-state index contributed by atoms with van der Waals surface area (Å²) < 4.78 is 7.83. The van der Waals surface area contributed by atoms with Crippen molar-refractivity contribution >= 4 is 40.6 Å². The molecule has 1 unspecified atom stereocenters. The van der Waals surface area contributed by atoms with Gasteiger partial charge in [0.15, 0.2) is 5.16 Å². The topological polar surface area (TPSA) is 112 Å². The number of benzene rings is 1. The van der Waals surface area contributed by atoms with E-state index in [4.69, 9.17) is 16.3 Å². The van der Waals surface area contributed by atoms with E-state index in [0.29, 0.717) is 17.6 Å². The molecule has 0 radical (unpaired) electrons. The number of nitro benzene ring substituents is 1. The summed E-state index contributed by atoms with van der Waals surface area (Å²) in [6, 6.07) is 3.93. The zero-order chi connectivity index (χ0) is 20.4. The summed E-state index contributed by atoms with van der Waals surface area (Å²) in [5.74, 6) is 1.17. The van der Waals surface area contributed by atoms with Crippen molar-refractivity contribution in [1.29, 1.82) is 0 Å². The summed E-state index contributed by atoms with van der Waals surface area (Å²) in [4.78, 5) is 22.8. The number of carbonyl (C=O) groups is 1. The van der Waals surface area contributed by atoms with Crippen LogP contribution in [0.4, 0.5) is 11.4 Å². The van der Waals surface area contributed by atoms with E-state index in [-0.39, 0.29) is 34.2 Å². The first kappa shape index (κ1) is 20.1. The van der Waals surface area contributed by atoms with Gasteiger partial charge in [0.25, 0.3) is 5.69 Å². The molecule has 1 atom stereocenters. The molecule has 2 heterocycles. The van der Waals surface area contributed by atoms with E-state index in [1.54, 1.807) is 0 Å². The molecular weight excluding hydrogens is 418 g/mol. The van der Waals surface area contributed by atoms with E-state index in [1.807, 2.05) is 0 Å². The first-order valence-electron chi connectivity index (χ1n) is 9.42. The van der Waals surface area contributed by atoms with E-state index < -0.39 is 4.92 Å². The Labute approximate surface area is 176 Å². The highest BCUT2D eigenvalue weighted by Gasteiger charge is 2.32. The fourth-order valence-electron chi connectivity index (χ4n) is 3.25. The predicted octanol–water partition coefficient (Wildman–Crippen LogP) is 3.63. The first-order valence-corrected chi connectivity index (χ1v) is 10.8. The van der Waals surface area contributed by atoms with Crippen LogP contribution in [0, 0.1) is 10.1 Å². The van der Waals surface area contributed by atoms with Crippen LogP contribution < -0.4 is 5.32 Å². The number of hydrogen-bond donors (Lipinski definition) is 1. The molecule has 1 amide bonds. The van der Waals surface area contributed by atoms with E-state index in [0.717, 1.165) is 38.1 Å². The Bertz CT molecular complexity index is 927. The molecule has 29 heavy (non-hydrogen) atoms. The lowest BCUT2D eigenvalue weighted by atomic mass is 10.2. The third-order valence-electron chi connectivity index (χ3n) is 4.87. The van der Waals surface area contributed by atoms with Crippen LogP contribution in [0.25, 0.3) is 0 Å². The van der Waals surface area contributed by atoms with Crippen molar-refractivity contribution in [3.8, 4) is 0 Å². The Balaban J connectivity index is 1.41. The average Bonchev–Trinajstić information content (AvgIpc) is 3.26. The van der Waals surface area contributed by atoms with Crippen molar-refractivity contribution in [2.24, 2.45) is 0 Å². The smallest absolute Gasteiger partial charge is 0.271 e. The number of non-ortho nitro benzene ring substituents is 1. The molecule has 4 rings (SSSR count). The fourth-order valence-corrected chi connectivity index (χ4v) is 4.17. The largest absolute Gasteiger partial charge is 0.376 e. The Kier molecular flexibility index (Phi) is 6.02. The number of amides is 1. The van der Waals surface area contributed by atoms with Gasteiger partial charge in [-0.2, -0.15) is 0 Å². The lowest BCUT2D eigenvalue weighted by Crippen LogP contribution is -2.19. The minimum atomic E-state index is -0.534. The summed E-state index contributed by atoms with van der Waals surface area (Å²) in [5, 5.41) is 23.1. The molecule has 1 aromatic carbocycles. The molecule has 1 aromatic heterocycles. The van der Waals surface area contributed by atoms with Crippen LogP contribution in [0.3, 0.4) is 0 Å². The van der Waals surface area contributed by atoms with Gasteiger partial charge >= 0.3 is 0 Å². The molecule has 1 saturated heterocycles. The summed E-state index contributed by atoms with van der Waals surface area (Å²) >= 11 is 7.33.